The molecule has 2 aromatic carbocycles. The normalized spacial score (nSPS) is 12.4. The van der Waals surface area contributed by atoms with Crippen LogP contribution in [0.3, 0.4) is 0 Å². The molecule has 0 amide bonds. The van der Waals surface area contributed by atoms with Crippen molar-refractivity contribution in [2.24, 2.45) is 0 Å². The molecule has 0 atom stereocenters. The van der Waals surface area contributed by atoms with Crippen molar-refractivity contribution >= 4 is 5.97 Å². The first-order valence-electron chi connectivity index (χ1n) is 6.49. The van der Waals surface area contributed by atoms with E-state index >= 15 is 0 Å². The standard InChI is InChI=1S/C15H7F5O4/c16-10-11(17)13(19)15(14(20)12(10)18)24-9(21)4-6-1-2-7-8(3-6)23-5-22-7/h1-3H,4-5H2. The third-order valence-electron chi connectivity index (χ3n) is 3.17. The third kappa shape index (κ3) is 2.72. The molecule has 0 aromatic heterocycles. The number of rotatable bonds is 3. The molecule has 0 fully saturated rings. The Morgan fingerprint density at radius 1 is 0.917 bits per heavy atom. The van der Waals surface area contributed by atoms with Crippen LogP contribution in [0.1, 0.15) is 5.56 Å². The Hall–Kier alpha value is -2.84. The molecule has 1 heterocycles. The lowest BCUT2D eigenvalue weighted by Gasteiger charge is -2.09. The van der Waals surface area contributed by atoms with Gasteiger partial charge in [0.2, 0.25) is 41.6 Å². The Morgan fingerprint density at radius 2 is 1.50 bits per heavy atom. The van der Waals surface area contributed by atoms with E-state index < -0.39 is 47.2 Å². The number of hydrogen-bond acceptors (Lipinski definition) is 4. The molecule has 0 unspecified atom stereocenters. The van der Waals surface area contributed by atoms with E-state index in [1.165, 1.54) is 18.2 Å². The van der Waals surface area contributed by atoms with E-state index in [1.54, 1.807) is 0 Å². The van der Waals surface area contributed by atoms with Gasteiger partial charge in [-0.05, 0) is 17.7 Å². The van der Waals surface area contributed by atoms with Crippen LogP contribution in [0.2, 0.25) is 0 Å². The highest BCUT2D eigenvalue weighted by Crippen LogP contribution is 2.33. The summed E-state index contributed by atoms with van der Waals surface area (Å²) in [6.45, 7) is 0.00773. The maximum Gasteiger partial charge on any atom is 0.315 e. The molecule has 0 saturated heterocycles. The van der Waals surface area contributed by atoms with Crippen molar-refractivity contribution in [1.29, 1.82) is 0 Å². The minimum Gasteiger partial charge on any atom is -0.454 e. The van der Waals surface area contributed by atoms with Crippen molar-refractivity contribution in [2.75, 3.05) is 6.79 Å². The molecule has 24 heavy (non-hydrogen) atoms. The fourth-order valence-corrected chi connectivity index (χ4v) is 2.04. The first-order chi connectivity index (χ1) is 11.4. The second-order valence-corrected chi connectivity index (χ2v) is 4.74. The van der Waals surface area contributed by atoms with Gasteiger partial charge in [-0.2, -0.15) is 8.78 Å². The lowest BCUT2D eigenvalue weighted by molar-refractivity contribution is -0.134. The lowest BCUT2D eigenvalue weighted by atomic mass is 10.1. The molecule has 2 aromatic rings. The Labute approximate surface area is 131 Å². The summed E-state index contributed by atoms with van der Waals surface area (Å²) >= 11 is 0. The highest BCUT2D eigenvalue weighted by atomic mass is 19.2. The Kier molecular flexibility index (Phi) is 4.00. The van der Waals surface area contributed by atoms with E-state index in [0.717, 1.165) is 0 Å². The summed E-state index contributed by atoms with van der Waals surface area (Å²) < 4.78 is 80.4. The van der Waals surface area contributed by atoms with Crippen molar-refractivity contribution < 1.29 is 41.0 Å². The van der Waals surface area contributed by atoms with Crippen LogP contribution in [-0.4, -0.2) is 12.8 Å². The van der Waals surface area contributed by atoms with E-state index in [1.807, 2.05) is 0 Å². The fraction of sp³-hybridized carbons (Fsp3) is 0.133. The van der Waals surface area contributed by atoms with Crippen LogP contribution in [0.15, 0.2) is 18.2 Å². The minimum absolute atomic E-state index is 0.00773. The van der Waals surface area contributed by atoms with Crippen molar-refractivity contribution in [2.45, 2.75) is 6.42 Å². The third-order valence-corrected chi connectivity index (χ3v) is 3.17. The summed E-state index contributed by atoms with van der Waals surface area (Å²) in [6, 6.07) is 4.40. The smallest absolute Gasteiger partial charge is 0.315 e. The van der Waals surface area contributed by atoms with E-state index in [9.17, 15) is 26.7 Å². The number of fused-ring (bicyclic) bond motifs is 1. The predicted molar refractivity (Wildman–Crippen MR) is 68.1 cm³/mol. The van der Waals surface area contributed by atoms with Crippen molar-refractivity contribution in [3.8, 4) is 17.2 Å². The zero-order chi connectivity index (χ0) is 17.4. The fourth-order valence-electron chi connectivity index (χ4n) is 2.04. The second-order valence-electron chi connectivity index (χ2n) is 4.74. The van der Waals surface area contributed by atoms with Gasteiger partial charge in [-0.15, -0.1) is 0 Å². The van der Waals surface area contributed by atoms with Gasteiger partial charge in [0.25, 0.3) is 0 Å². The number of ether oxygens (including phenoxy) is 3. The molecular formula is C15H7F5O4. The lowest BCUT2D eigenvalue weighted by Crippen LogP contribution is -2.15. The maximum absolute atomic E-state index is 13.4. The minimum atomic E-state index is -2.33. The van der Waals surface area contributed by atoms with Crippen LogP contribution in [0.5, 0.6) is 17.2 Å². The zero-order valence-corrected chi connectivity index (χ0v) is 11.7. The van der Waals surface area contributed by atoms with Gasteiger partial charge in [-0.1, -0.05) is 6.07 Å². The topological polar surface area (TPSA) is 44.8 Å². The molecule has 3 rings (SSSR count). The molecular weight excluding hydrogens is 339 g/mol. The molecule has 1 aliphatic rings. The number of hydrogen-bond donors (Lipinski definition) is 0. The summed E-state index contributed by atoms with van der Waals surface area (Å²) in [5.74, 6) is -13.2. The average Bonchev–Trinajstić information content (AvgIpc) is 3.03. The molecule has 0 radical (unpaired) electrons. The van der Waals surface area contributed by atoms with Gasteiger partial charge >= 0.3 is 5.97 Å². The highest BCUT2D eigenvalue weighted by Gasteiger charge is 2.28. The zero-order valence-electron chi connectivity index (χ0n) is 11.7. The van der Waals surface area contributed by atoms with Crippen LogP contribution in [0.25, 0.3) is 0 Å². The molecule has 4 nitrogen and oxygen atoms in total. The van der Waals surface area contributed by atoms with E-state index in [2.05, 4.69) is 4.74 Å². The van der Waals surface area contributed by atoms with Crippen molar-refractivity contribution in [3.05, 3.63) is 52.8 Å². The van der Waals surface area contributed by atoms with Crippen molar-refractivity contribution in [1.82, 2.24) is 0 Å². The van der Waals surface area contributed by atoms with Gasteiger partial charge in [0.05, 0.1) is 6.42 Å². The molecule has 0 N–H and O–H groups in total. The summed E-state index contributed by atoms with van der Waals surface area (Å²) in [5, 5.41) is 0. The predicted octanol–water partition coefficient (Wildman–Crippen LogP) is 3.26. The summed E-state index contributed by atoms with van der Waals surface area (Å²) in [5.41, 5.74) is 0.341. The van der Waals surface area contributed by atoms with Crippen LogP contribution < -0.4 is 14.2 Å². The quantitative estimate of drug-likeness (QED) is 0.281. The van der Waals surface area contributed by atoms with Crippen LogP contribution in [0.4, 0.5) is 22.0 Å². The molecule has 0 spiro atoms. The molecule has 0 bridgehead atoms. The Balaban J connectivity index is 1.81. The van der Waals surface area contributed by atoms with E-state index in [4.69, 9.17) is 9.47 Å². The number of halogens is 5. The van der Waals surface area contributed by atoms with Gasteiger partial charge in [0.1, 0.15) is 0 Å². The van der Waals surface area contributed by atoms with Gasteiger partial charge in [-0.25, -0.2) is 13.2 Å². The summed E-state index contributed by atoms with van der Waals surface area (Å²) in [4.78, 5) is 11.7. The first-order valence-corrected chi connectivity index (χ1v) is 6.49. The molecule has 126 valence electrons. The van der Waals surface area contributed by atoms with Gasteiger partial charge in [0.15, 0.2) is 11.5 Å². The van der Waals surface area contributed by atoms with Gasteiger partial charge in [0, 0.05) is 0 Å². The van der Waals surface area contributed by atoms with Gasteiger partial charge < -0.3 is 14.2 Å². The highest BCUT2D eigenvalue weighted by molar-refractivity contribution is 5.75. The first kappa shape index (κ1) is 16.0. The Morgan fingerprint density at radius 3 is 2.17 bits per heavy atom. The maximum atomic E-state index is 13.4. The largest absolute Gasteiger partial charge is 0.454 e. The average molecular weight is 346 g/mol. The van der Waals surface area contributed by atoms with E-state index in [0.29, 0.717) is 17.1 Å². The number of esters is 1. The monoisotopic (exact) mass is 346 g/mol. The van der Waals surface area contributed by atoms with Crippen LogP contribution in [-0.2, 0) is 11.2 Å². The Bertz CT molecular complexity index is 808. The van der Waals surface area contributed by atoms with Crippen LogP contribution in [0, 0.1) is 29.1 Å². The summed E-state index contributed by atoms with van der Waals surface area (Å²) in [6.07, 6.45) is -0.476. The summed E-state index contributed by atoms with van der Waals surface area (Å²) in [7, 11) is 0. The number of carbonyl (C=O) groups is 1. The van der Waals surface area contributed by atoms with E-state index in [-0.39, 0.29) is 6.79 Å². The second kappa shape index (κ2) is 5.99. The van der Waals surface area contributed by atoms with Crippen molar-refractivity contribution in [3.63, 3.8) is 0 Å². The van der Waals surface area contributed by atoms with Crippen LogP contribution >= 0.6 is 0 Å². The number of benzene rings is 2. The molecule has 0 saturated carbocycles. The molecule has 0 aliphatic carbocycles. The molecule has 9 heteroatoms. The molecule has 1 aliphatic heterocycles. The SMILES string of the molecule is O=C(Cc1ccc2c(c1)OCO2)Oc1c(F)c(F)c(F)c(F)c1F. The van der Waals surface area contributed by atoms with Gasteiger partial charge in [-0.3, -0.25) is 4.79 Å². The number of carbonyl (C=O) groups excluding carboxylic acids is 1.